The molecular formula is C15H22BrN3O2. The average molecular weight is 356 g/mol. The van der Waals surface area contributed by atoms with Gasteiger partial charge in [-0.25, -0.2) is 0 Å². The number of carbonyl (C=O) groups excluding carboxylic acids is 2. The second kappa shape index (κ2) is 8.02. The maximum Gasteiger partial charge on any atom is 0.243 e. The van der Waals surface area contributed by atoms with E-state index in [1.165, 1.54) is 0 Å². The third kappa shape index (κ3) is 6.16. The molecule has 21 heavy (non-hydrogen) atoms. The molecule has 2 amide bonds. The van der Waals surface area contributed by atoms with Gasteiger partial charge in [-0.3, -0.25) is 9.59 Å². The predicted molar refractivity (Wildman–Crippen MR) is 89.0 cm³/mol. The van der Waals surface area contributed by atoms with E-state index in [1.54, 1.807) is 6.07 Å². The highest BCUT2D eigenvalue weighted by Gasteiger charge is 2.10. The Morgan fingerprint density at radius 3 is 2.57 bits per heavy atom. The second-order valence-corrected chi connectivity index (χ2v) is 6.36. The number of amides is 2. The minimum absolute atomic E-state index is 0.0536. The van der Waals surface area contributed by atoms with Crippen molar-refractivity contribution in [1.29, 1.82) is 0 Å². The summed E-state index contributed by atoms with van der Waals surface area (Å²) in [6.45, 7) is 5.92. The molecule has 0 heterocycles. The van der Waals surface area contributed by atoms with E-state index in [-0.39, 0.29) is 18.4 Å². The fourth-order valence-electron chi connectivity index (χ4n) is 1.74. The summed E-state index contributed by atoms with van der Waals surface area (Å²) in [5.74, 6) is 0.0587. The van der Waals surface area contributed by atoms with Crippen LogP contribution < -0.4 is 16.4 Å². The Balaban J connectivity index is 2.49. The summed E-state index contributed by atoms with van der Waals surface area (Å²) >= 11 is 3.36. The van der Waals surface area contributed by atoms with Crippen molar-refractivity contribution in [3.05, 3.63) is 22.2 Å². The number of hydrogen-bond donors (Lipinski definition) is 3. The second-order valence-electron chi connectivity index (χ2n) is 5.44. The lowest BCUT2D eigenvalue weighted by Gasteiger charge is -2.12. The van der Waals surface area contributed by atoms with Gasteiger partial charge >= 0.3 is 0 Å². The minimum atomic E-state index is -0.294. The van der Waals surface area contributed by atoms with Crippen LogP contribution in [0, 0.1) is 12.8 Å². The largest absolute Gasteiger partial charge is 0.397 e. The molecule has 6 heteroatoms. The molecule has 0 aliphatic rings. The Hall–Kier alpha value is -1.56. The number of rotatable bonds is 6. The molecular weight excluding hydrogens is 334 g/mol. The van der Waals surface area contributed by atoms with Gasteiger partial charge in [0.15, 0.2) is 0 Å². The molecule has 4 N–H and O–H groups in total. The molecule has 0 aliphatic heterocycles. The van der Waals surface area contributed by atoms with Gasteiger partial charge in [-0.1, -0.05) is 29.8 Å². The zero-order chi connectivity index (χ0) is 16.0. The fourth-order valence-corrected chi connectivity index (χ4v) is 2.31. The molecule has 0 fully saturated rings. The molecule has 1 rings (SSSR count). The standard InChI is InChI=1S/C15H22BrN3O2/c1-9(2)4-5-13(20)18-8-14(21)19-12-7-11(16)6-10(3)15(12)17/h6-7,9H,4-5,8,17H2,1-3H3,(H,18,20)(H,19,21). The lowest BCUT2D eigenvalue weighted by Crippen LogP contribution is -2.33. The molecule has 0 aliphatic carbocycles. The van der Waals surface area contributed by atoms with E-state index >= 15 is 0 Å². The van der Waals surface area contributed by atoms with Gasteiger partial charge in [0.25, 0.3) is 0 Å². The first-order chi connectivity index (χ1) is 9.79. The van der Waals surface area contributed by atoms with E-state index in [1.807, 2.05) is 13.0 Å². The summed E-state index contributed by atoms with van der Waals surface area (Å²) in [6, 6.07) is 3.61. The van der Waals surface area contributed by atoms with Crippen LogP contribution in [-0.4, -0.2) is 18.4 Å². The van der Waals surface area contributed by atoms with Gasteiger partial charge in [-0.2, -0.15) is 0 Å². The maximum absolute atomic E-state index is 11.8. The third-order valence-electron chi connectivity index (χ3n) is 3.02. The van der Waals surface area contributed by atoms with Crippen molar-refractivity contribution in [3.63, 3.8) is 0 Å². The summed E-state index contributed by atoms with van der Waals surface area (Å²) in [4.78, 5) is 23.4. The van der Waals surface area contributed by atoms with Crippen LogP contribution in [0.2, 0.25) is 0 Å². The Morgan fingerprint density at radius 1 is 1.29 bits per heavy atom. The number of benzene rings is 1. The van der Waals surface area contributed by atoms with Gasteiger partial charge in [0.1, 0.15) is 0 Å². The highest BCUT2D eigenvalue weighted by molar-refractivity contribution is 9.10. The summed E-state index contributed by atoms with van der Waals surface area (Å²) in [6.07, 6.45) is 1.24. The van der Waals surface area contributed by atoms with Gasteiger partial charge in [0, 0.05) is 10.9 Å². The normalized spacial score (nSPS) is 10.5. The number of nitrogens with two attached hydrogens (primary N) is 1. The van der Waals surface area contributed by atoms with Crippen molar-refractivity contribution in [2.45, 2.75) is 33.6 Å². The lowest BCUT2D eigenvalue weighted by atomic mass is 10.1. The molecule has 5 nitrogen and oxygen atoms in total. The van der Waals surface area contributed by atoms with Crippen molar-refractivity contribution < 1.29 is 9.59 Å². The first-order valence-corrected chi connectivity index (χ1v) is 7.71. The monoisotopic (exact) mass is 355 g/mol. The van der Waals surface area contributed by atoms with Crippen molar-refractivity contribution in [3.8, 4) is 0 Å². The van der Waals surface area contributed by atoms with Crippen LogP contribution in [0.25, 0.3) is 0 Å². The fraction of sp³-hybridized carbons (Fsp3) is 0.467. The zero-order valence-electron chi connectivity index (χ0n) is 12.6. The SMILES string of the molecule is Cc1cc(Br)cc(NC(=O)CNC(=O)CCC(C)C)c1N. The van der Waals surface area contributed by atoms with E-state index < -0.39 is 0 Å². The topological polar surface area (TPSA) is 84.2 Å². The van der Waals surface area contributed by atoms with Gasteiger partial charge in [0.2, 0.25) is 11.8 Å². The molecule has 116 valence electrons. The van der Waals surface area contributed by atoms with Crippen LogP contribution in [0.5, 0.6) is 0 Å². The van der Waals surface area contributed by atoms with Crippen LogP contribution in [0.4, 0.5) is 11.4 Å². The van der Waals surface area contributed by atoms with E-state index in [9.17, 15) is 9.59 Å². The summed E-state index contributed by atoms with van der Waals surface area (Å²) in [5, 5.41) is 5.31. The van der Waals surface area contributed by atoms with Gasteiger partial charge < -0.3 is 16.4 Å². The van der Waals surface area contributed by atoms with E-state index in [4.69, 9.17) is 5.73 Å². The molecule has 1 aromatic rings. The third-order valence-corrected chi connectivity index (χ3v) is 3.48. The molecule has 0 bridgehead atoms. The van der Waals surface area contributed by atoms with Crippen LogP contribution in [0.15, 0.2) is 16.6 Å². The number of hydrogen-bond acceptors (Lipinski definition) is 3. The Bertz CT molecular complexity index is 530. The van der Waals surface area contributed by atoms with E-state index in [0.717, 1.165) is 16.5 Å². The number of nitrogens with one attached hydrogen (secondary N) is 2. The van der Waals surface area contributed by atoms with E-state index in [0.29, 0.717) is 23.7 Å². The summed E-state index contributed by atoms with van der Waals surface area (Å²) in [7, 11) is 0. The van der Waals surface area contributed by atoms with Crippen LogP contribution in [0.1, 0.15) is 32.3 Å². The number of anilines is 2. The molecule has 0 unspecified atom stereocenters. The van der Waals surface area contributed by atoms with Crippen LogP contribution >= 0.6 is 15.9 Å². The molecule has 0 saturated carbocycles. The van der Waals surface area contributed by atoms with Crippen molar-refractivity contribution in [2.75, 3.05) is 17.6 Å². The Kier molecular flexibility index (Phi) is 6.68. The van der Waals surface area contributed by atoms with Gasteiger partial charge in [0.05, 0.1) is 17.9 Å². The number of halogens is 1. The first kappa shape index (κ1) is 17.5. The Labute approximate surface area is 133 Å². The minimum Gasteiger partial charge on any atom is -0.397 e. The predicted octanol–water partition coefficient (Wildman–Crippen LogP) is 2.83. The lowest BCUT2D eigenvalue weighted by molar-refractivity contribution is -0.124. The quantitative estimate of drug-likeness (QED) is 0.686. The van der Waals surface area contributed by atoms with Crippen LogP contribution in [-0.2, 0) is 9.59 Å². The highest BCUT2D eigenvalue weighted by atomic mass is 79.9. The summed E-state index contributed by atoms with van der Waals surface area (Å²) in [5.41, 5.74) is 7.86. The van der Waals surface area contributed by atoms with Gasteiger partial charge in [-0.05, 0) is 37.0 Å². The summed E-state index contributed by atoms with van der Waals surface area (Å²) < 4.78 is 0.838. The maximum atomic E-state index is 11.8. The average Bonchev–Trinajstić information content (AvgIpc) is 2.39. The van der Waals surface area contributed by atoms with Crippen molar-refractivity contribution in [2.24, 2.45) is 5.92 Å². The van der Waals surface area contributed by atoms with Crippen LogP contribution in [0.3, 0.4) is 0 Å². The van der Waals surface area contributed by atoms with Gasteiger partial charge in [-0.15, -0.1) is 0 Å². The highest BCUT2D eigenvalue weighted by Crippen LogP contribution is 2.27. The number of carbonyl (C=O) groups is 2. The zero-order valence-corrected chi connectivity index (χ0v) is 14.2. The molecule has 0 aromatic heterocycles. The van der Waals surface area contributed by atoms with Crippen molar-refractivity contribution >= 4 is 39.1 Å². The molecule has 0 spiro atoms. The molecule has 0 atom stereocenters. The first-order valence-electron chi connectivity index (χ1n) is 6.91. The molecule has 0 saturated heterocycles. The van der Waals surface area contributed by atoms with E-state index in [2.05, 4.69) is 40.4 Å². The number of nitrogen functional groups attached to an aromatic ring is 1. The molecule has 1 aromatic carbocycles. The smallest absolute Gasteiger partial charge is 0.243 e. The van der Waals surface area contributed by atoms with Crippen molar-refractivity contribution in [1.82, 2.24) is 5.32 Å². The molecule has 0 radical (unpaired) electrons. The Morgan fingerprint density at radius 2 is 1.95 bits per heavy atom. The number of aryl methyl sites for hydroxylation is 1.